The number of carbonyl (C=O) groups excluding carboxylic acids is 2. The maximum atomic E-state index is 11.2. The first-order chi connectivity index (χ1) is 5.63. The third kappa shape index (κ3) is 0.462. The molecule has 62 valence electrons. The van der Waals surface area contributed by atoms with Crippen molar-refractivity contribution < 1.29 is 23.3 Å². The second-order valence-electron chi connectivity index (χ2n) is 3.72. The van der Waals surface area contributed by atoms with E-state index in [1.54, 1.807) is 0 Å². The van der Waals surface area contributed by atoms with Crippen LogP contribution in [0.1, 0.15) is 0 Å². The summed E-state index contributed by atoms with van der Waals surface area (Å²) in [5.41, 5.74) is 0. The summed E-state index contributed by atoms with van der Waals surface area (Å²) in [7, 11) is 1.30. The number of likely N-dealkylation sites (N-methyl/N-ethyl adjacent to an activating group) is 1. The normalized spacial score (nSPS) is 48.9. The maximum Gasteiger partial charge on any atom is 0.835 e. The van der Waals surface area contributed by atoms with Crippen molar-refractivity contribution in [3.8, 4) is 0 Å². The molecule has 5 nitrogen and oxygen atoms in total. The summed E-state index contributed by atoms with van der Waals surface area (Å²) in [6, 6.07) is -0.387. The van der Waals surface area contributed by atoms with E-state index in [9.17, 15) is 9.59 Å². The number of quaternary nitrogens is 1. The molecule has 3 atom stereocenters. The predicted octanol–water partition coefficient (Wildman–Crippen LogP) is -1.68. The van der Waals surface area contributed by atoms with E-state index in [1.165, 1.54) is 0 Å². The van der Waals surface area contributed by atoms with Gasteiger partial charge in [-0.1, -0.05) is 0 Å². The first kappa shape index (κ1) is 6.62. The van der Waals surface area contributed by atoms with Crippen LogP contribution in [0.4, 0.5) is 0 Å². The SMILES string of the molecule is C[N+]12CC(=O)C3OB1OC(=O)C32. The van der Waals surface area contributed by atoms with Gasteiger partial charge >= 0.3 is 13.2 Å². The minimum absolute atomic E-state index is 0.0235. The molecule has 3 fully saturated rings. The van der Waals surface area contributed by atoms with Crippen LogP contribution in [0.5, 0.6) is 0 Å². The Morgan fingerprint density at radius 1 is 1.58 bits per heavy atom. The topological polar surface area (TPSA) is 52.6 Å². The predicted molar refractivity (Wildman–Crippen MR) is 36.6 cm³/mol. The molecule has 12 heavy (non-hydrogen) atoms. The maximum absolute atomic E-state index is 11.2. The van der Waals surface area contributed by atoms with E-state index in [1.807, 2.05) is 7.05 Å². The molecule has 4 bridgehead atoms. The Balaban J connectivity index is 2.15. The van der Waals surface area contributed by atoms with Gasteiger partial charge in [0, 0.05) is 0 Å². The summed E-state index contributed by atoms with van der Waals surface area (Å²) in [6.45, 7) is 0.367. The van der Waals surface area contributed by atoms with Crippen molar-refractivity contribution in [3.05, 3.63) is 0 Å². The van der Waals surface area contributed by atoms with Gasteiger partial charge in [-0.15, -0.1) is 0 Å². The highest BCUT2D eigenvalue weighted by molar-refractivity contribution is 6.44. The Morgan fingerprint density at radius 2 is 2.33 bits per heavy atom. The minimum atomic E-state index is -0.527. The lowest BCUT2D eigenvalue weighted by atomic mass is 10.0. The zero-order chi connectivity index (χ0) is 8.51. The van der Waals surface area contributed by atoms with Crippen LogP contribution in [-0.2, 0) is 18.9 Å². The molecule has 0 aliphatic carbocycles. The van der Waals surface area contributed by atoms with Crippen LogP contribution in [-0.4, -0.2) is 49.1 Å². The number of carbonyl (C=O) groups is 2. The Labute approximate surface area is 69.0 Å². The van der Waals surface area contributed by atoms with Crippen molar-refractivity contribution in [2.45, 2.75) is 12.1 Å². The van der Waals surface area contributed by atoms with Gasteiger partial charge in [0.1, 0.15) is 6.54 Å². The molecule has 0 amide bonds. The summed E-state index contributed by atoms with van der Waals surface area (Å²) < 4.78 is 10.4. The molecule has 0 saturated carbocycles. The molecule has 3 rings (SSSR count). The zero-order valence-electron chi connectivity index (χ0n) is 6.52. The largest absolute Gasteiger partial charge is 0.835 e. The highest BCUT2D eigenvalue weighted by Gasteiger charge is 2.79. The van der Waals surface area contributed by atoms with Gasteiger partial charge in [0.05, 0.1) is 7.05 Å². The van der Waals surface area contributed by atoms with Gasteiger partial charge in [-0.05, 0) is 0 Å². The first-order valence-electron chi connectivity index (χ1n) is 3.86. The second kappa shape index (κ2) is 1.58. The molecule has 6 heteroatoms. The quantitative estimate of drug-likeness (QED) is 0.405. The van der Waals surface area contributed by atoms with Crippen LogP contribution in [0.2, 0.25) is 0 Å². The van der Waals surface area contributed by atoms with Crippen molar-refractivity contribution in [1.29, 1.82) is 0 Å². The Kier molecular flexibility index (Phi) is 0.870. The molecular weight excluding hydrogens is 161 g/mol. The van der Waals surface area contributed by atoms with Gasteiger partial charge in [-0.25, -0.2) is 4.79 Å². The van der Waals surface area contributed by atoms with Crippen LogP contribution in [0, 0.1) is 0 Å². The van der Waals surface area contributed by atoms with Crippen LogP contribution < -0.4 is 0 Å². The van der Waals surface area contributed by atoms with E-state index < -0.39 is 13.4 Å². The van der Waals surface area contributed by atoms with Gasteiger partial charge in [0.2, 0.25) is 11.8 Å². The standard InChI is InChI=1S/C6H7BNO4/c1-8-2-3(9)5-4(8)6(10)12-7(8)11-5/h4-5H,2H2,1H3/q+1. The average Bonchev–Trinajstić information content (AvgIpc) is 2.46. The zero-order valence-corrected chi connectivity index (χ0v) is 6.52. The van der Waals surface area contributed by atoms with Crippen molar-refractivity contribution in [2.75, 3.05) is 13.6 Å². The van der Waals surface area contributed by atoms with Gasteiger partial charge < -0.3 is 13.7 Å². The van der Waals surface area contributed by atoms with E-state index >= 15 is 0 Å². The summed E-state index contributed by atoms with van der Waals surface area (Å²) >= 11 is 0. The fraction of sp³-hybridized carbons (Fsp3) is 0.667. The number of hydrogen-bond acceptors (Lipinski definition) is 4. The van der Waals surface area contributed by atoms with Crippen LogP contribution in [0.15, 0.2) is 0 Å². The molecule has 0 aromatic carbocycles. The molecule has 3 saturated heterocycles. The highest BCUT2D eigenvalue weighted by atomic mass is 16.7. The molecule has 3 heterocycles. The highest BCUT2D eigenvalue weighted by Crippen LogP contribution is 2.41. The first-order valence-corrected chi connectivity index (χ1v) is 3.86. The molecule has 0 spiro atoms. The van der Waals surface area contributed by atoms with Crippen LogP contribution in [0.25, 0.3) is 0 Å². The minimum Gasteiger partial charge on any atom is -0.450 e. The van der Waals surface area contributed by atoms with Crippen LogP contribution in [0.3, 0.4) is 0 Å². The van der Waals surface area contributed by atoms with E-state index in [2.05, 4.69) is 0 Å². The van der Waals surface area contributed by atoms with Crippen molar-refractivity contribution in [3.63, 3.8) is 0 Å². The second-order valence-corrected chi connectivity index (χ2v) is 3.72. The van der Waals surface area contributed by atoms with Crippen molar-refractivity contribution in [1.82, 2.24) is 0 Å². The number of Topliss-reactive ketones (excluding diaryl/α,β-unsaturated/α-hetero) is 1. The number of ketones is 1. The van der Waals surface area contributed by atoms with E-state index in [0.29, 0.717) is 10.9 Å². The molecule has 0 aromatic rings. The summed E-state index contributed by atoms with van der Waals surface area (Å²) in [5.74, 6) is -0.264. The summed E-state index contributed by atoms with van der Waals surface area (Å²) in [4.78, 5) is 22.4. The molecular formula is C6H7BNO4+. The average molecular weight is 168 g/mol. The van der Waals surface area contributed by atoms with Crippen LogP contribution >= 0.6 is 0 Å². The fourth-order valence-corrected chi connectivity index (χ4v) is 2.31. The molecule has 3 aliphatic heterocycles. The van der Waals surface area contributed by atoms with E-state index in [4.69, 9.17) is 9.31 Å². The smallest absolute Gasteiger partial charge is 0.450 e. The van der Waals surface area contributed by atoms with Gasteiger partial charge in [0.15, 0.2) is 6.10 Å². The number of rotatable bonds is 0. The van der Waals surface area contributed by atoms with Gasteiger partial charge in [0.25, 0.3) is 0 Å². The third-order valence-corrected chi connectivity index (χ3v) is 2.94. The molecule has 0 radical (unpaired) electrons. The Morgan fingerprint density at radius 3 is 2.92 bits per heavy atom. The molecule has 3 unspecified atom stereocenters. The third-order valence-electron chi connectivity index (χ3n) is 2.94. The van der Waals surface area contributed by atoms with Crippen molar-refractivity contribution >= 4 is 19.0 Å². The molecule has 0 N–H and O–H groups in total. The number of hydrogen-bond donors (Lipinski definition) is 0. The summed E-state index contributed by atoms with van der Waals surface area (Å²) in [6.07, 6.45) is -0.527. The van der Waals surface area contributed by atoms with Crippen molar-refractivity contribution in [2.24, 2.45) is 0 Å². The lowest BCUT2D eigenvalue weighted by molar-refractivity contribution is -0.800. The lowest BCUT2D eigenvalue weighted by Gasteiger charge is -2.22. The fourth-order valence-electron chi connectivity index (χ4n) is 2.31. The monoisotopic (exact) mass is 168 g/mol. The molecule has 3 aliphatic rings. The lowest BCUT2D eigenvalue weighted by Crippen LogP contribution is -2.52. The van der Waals surface area contributed by atoms with E-state index in [-0.39, 0.29) is 17.8 Å². The van der Waals surface area contributed by atoms with Gasteiger partial charge in [-0.2, -0.15) is 0 Å². The Bertz CT molecular complexity index is 306. The Hall–Kier alpha value is -0.875. The van der Waals surface area contributed by atoms with Gasteiger partial charge in [-0.3, -0.25) is 4.79 Å². The number of nitrogens with zero attached hydrogens (tertiary/aromatic N) is 1. The summed E-state index contributed by atoms with van der Waals surface area (Å²) in [5, 5.41) is 0. The van der Waals surface area contributed by atoms with E-state index in [0.717, 1.165) is 0 Å². The molecule has 0 aromatic heterocycles.